The van der Waals surface area contributed by atoms with Crippen molar-refractivity contribution in [2.45, 2.75) is 33.6 Å². The first-order valence-corrected chi connectivity index (χ1v) is 8.08. The standard InChI is InChI=1S/C15H21BrClNO/c1-4-15(5-2,9-16)10-18-14(19)12-7-6-11(3)8-13(12)17/h6-8H,4-5,9-10H2,1-3H3,(H,18,19). The SMILES string of the molecule is CCC(CC)(CBr)CNC(=O)c1ccc(C)cc1Cl. The van der Waals surface area contributed by atoms with E-state index in [-0.39, 0.29) is 11.3 Å². The number of nitrogens with one attached hydrogen (secondary N) is 1. The zero-order valence-electron chi connectivity index (χ0n) is 11.7. The van der Waals surface area contributed by atoms with Gasteiger partial charge in [0.1, 0.15) is 0 Å². The third kappa shape index (κ3) is 4.22. The fourth-order valence-electron chi connectivity index (χ4n) is 1.90. The van der Waals surface area contributed by atoms with Crippen molar-refractivity contribution in [3.05, 3.63) is 34.3 Å². The van der Waals surface area contributed by atoms with Gasteiger partial charge >= 0.3 is 0 Å². The molecular formula is C15H21BrClNO. The van der Waals surface area contributed by atoms with Crippen LogP contribution in [-0.2, 0) is 0 Å². The van der Waals surface area contributed by atoms with Crippen LogP contribution in [0.3, 0.4) is 0 Å². The summed E-state index contributed by atoms with van der Waals surface area (Å²) in [6, 6.07) is 5.49. The van der Waals surface area contributed by atoms with Crippen LogP contribution in [0.5, 0.6) is 0 Å². The van der Waals surface area contributed by atoms with E-state index in [2.05, 4.69) is 35.1 Å². The van der Waals surface area contributed by atoms with Crippen LogP contribution in [0.1, 0.15) is 42.6 Å². The highest BCUT2D eigenvalue weighted by Gasteiger charge is 2.25. The van der Waals surface area contributed by atoms with Crippen LogP contribution < -0.4 is 5.32 Å². The summed E-state index contributed by atoms with van der Waals surface area (Å²) in [5.41, 5.74) is 1.72. The summed E-state index contributed by atoms with van der Waals surface area (Å²) in [5, 5.41) is 4.39. The fraction of sp³-hybridized carbons (Fsp3) is 0.533. The third-order valence-electron chi connectivity index (χ3n) is 3.78. The molecule has 1 rings (SSSR count). The second-order valence-corrected chi connectivity index (χ2v) is 5.97. The highest BCUT2D eigenvalue weighted by molar-refractivity contribution is 9.09. The van der Waals surface area contributed by atoms with Gasteiger partial charge in [-0.25, -0.2) is 0 Å². The Hall–Kier alpha value is -0.540. The maximum atomic E-state index is 12.2. The number of alkyl halides is 1. The number of benzene rings is 1. The summed E-state index contributed by atoms with van der Waals surface area (Å²) >= 11 is 9.65. The Morgan fingerprint density at radius 3 is 2.47 bits per heavy atom. The van der Waals surface area contributed by atoms with Gasteiger partial charge in [0.25, 0.3) is 5.91 Å². The van der Waals surface area contributed by atoms with Gasteiger partial charge in [-0.15, -0.1) is 0 Å². The van der Waals surface area contributed by atoms with Crippen LogP contribution in [-0.4, -0.2) is 17.8 Å². The molecule has 1 amide bonds. The number of carbonyl (C=O) groups excluding carboxylic acids is 1. The fourth-order valence-corrected chi connectivity index (χ4v) is 3.22. The van der Waals surface area contributed by atoms with Crippen LogP contribution in [0.25, 0.3) is 0 Å². The number of hydrogen-bond donors (Lipinski definition) is 1. The van der Waals surface area contributed by atoms with Gasteiger partial charge in [0, 0.05) is 11.9 Å². The van der Waals surface area contributed by atoms with E-state index in [1.54, 1.807) is 6.07 Å². The van der Waals surface area contributed by atoms with E-state index in [1.807, 2.05) is 19.1 Å². The molecule has 106 valence electrons. The Balaban J connectivity index is 2.75. The van der Waals surface area contributed by atoms with E-state index in [0.717, 1.165) is 23.7 Å². The molecule has 0 radical (unpaired) electrons. The van der Waals surface area contributed by atoms with Gasteiger partial charge < -0.3 is 5.32 Å². The highest BCUT2D eigenvalue weighted by Crippen LogP contribution is 2.28. The first-order chi connectivity index (χ1) is 8.98. The maximum Gasteiger partial charge on any atom is 0.252 e. The van der Waals surface area contributed by atoms with Gasteiger partial charge in [0.05, 0.1) is 10.6 Å². The highest BCUT2D eigenvalue weighted by atomic mass is 79.9. The normalized spacial score (nSPS) is 11.4. The van der Waals surface area contributed by atoms with Crippen LogP contribution in [0.2, 0.25) is 5.02 Å². The molecule has 0 saturated heterocycles. The number of rotatable bonds is 6. The second-order valence-electron chi connectivity index (χ2n) is 5.01. The molecule has 1 N–H and O–H groups in total. The molecule has 19 heavy (non-hydrogen) atoms. The Bertz CT molecular complexity index is 436. The number of aryl methyl sites for hydroxylation is 1. The maximum absolute atomic E-state index is 12.2. The average Bonchev–Trinajstić information content (AvgIpc) is 2.40. The van der Waals surface area contributed by atoms with Gasteiger partial charge in [0.15, 0.2) is 0 Å². The Morgan fingerprint density at radius 1 is 1.37 bits per heavy atom. The molecule has 0 fully saturated rings. The number of amides is 1. The molecule has 0 aromatic heterocycles. The molecular weight excluding hydrogens is 326 g/mol. The molecule has 4 heteroatoms. The Morgan fingerprint density at radius 2 is 2.00 bits per heavy atom. The Kier molecular flexibility index (Phi) is 6.34. The third-order valence-corrected chi connectivity index (χ3v) is 5.28. The lowest BCUT2D eigenvalue weighted by molar-refractivity contribution is 0.0932. The molecule has 0 unspecified atom stereocenters. The predicted molar refractivity (Wildman–Crippen MR) is 85.3 cm³/mol. The van der Waals surface area contributed by atoms with Crippen LogP contribution in [0.4, 0.5) is 0 Å². The summed E-state index contributed by atoms with van der Waals surface area (Å²) in [5.74, 6) is -0.0998. The van der Waals surface area contributed by atoms with Gasteiger partial charge in [-0.3, -0.25) is 4.79 Å². The molecule has 0 bridgehead atoms. The summed E-state index contributed by atoms with van der Waals surface area (Å²) in [4.78, 5) is 12.2. The zero-order chi connectivity index (χ0) is 14.5. The molecule has 0 aliphatic heterocycles. The molecule has 0 spiro atoms. The van der Waals surface area contributed by atoms with Crippen molar-refractivity contribution < 1.29 is 4.79 Å². The minimum absolute atomic E-state index is 0.0998. The van der Waals surface area contributed by atoms with Crippen molar-refractivity contribution in [3.63, 3.8) is 0 Å². The van der Waals surface area contributed by atoms with E-state index < -0.39 is 0 Å². The molecule has 2 nitrogen and oxygen atoms in total. The smallest absolute Gasteiger partial charge is 0.252 e. The minimum Gasteiger partial charge on any atom is -0.351 e. The topological polar surface area (TPSA) is 29.1 Å². The van der Waals surface area contributed by atoms with Crippen molar-refractivity contribution in [3.8, 4) is 0 Å². The first-order valence-electron chi connectivity index (χ1n) is 6.58. The minimum atomic E-state index is -0.0998. The van der Waals surface area contributed by atoms with Crippen molar-refractivity contribution in [1.29, 1.82) is 0 Å². The van der Waals surface area contributed by atoms with Crippen LogP contribution >= 0.6 is 27.5 Å². The first kappa shape index (κ1) is 16.5. The number of carbonyl (C=O) groups is 1. The summed E-state index contributed by atoms with van der Waals surface area (Å²) in [6.07, 6.45) is 2.05. The summed E-state index contributed by atoms with van der Waals surface area (Å²) in [7, 11) is 0. The zero-order valence-corrected chi connectivity index (χ0v) is 14.1. The largest absolute Gasteiger partial charge is 0.351 e. The van der Waals surface area contributed by atoms with Crippen molar-refractivity contribution in [1.82, 2.24) is 5.32 Å². The molecule has 0 saturated carbocycles. The molecule has 0 aliphatic rings. The number of halogens is 2. The van der Waals surface area contributed by atoms with Crippen molar-refractivity contribution in [2.75, 3.05) is 11.9 Å². The van der Waals surface area contributed by atoms with E-state index >= 15 is 0 Å². The predicted octanol–water partition coefficient (Wildman–Crippen LogP) is 4.58. The van der Waals surface area contributed by atoms with Gasteiger partial charge in [-0.05, 0) is 42.9 Å². The van der Waals surface area contributed by atoms with Crippen molar-refractivity contribution >= 4 is 33.4 Å². The Labute approximate surface area is 129 Å². The second kappa shape index (κ2) is 7.30. The molecule has 0 heterocycles. The summed E-state index contributed by atoms with van der Waals surface area (Å²) < 4.78 is 0. The molecule has 1 aromatic rings. The quantitative estimate of drug-likeness (QED) is 0.751. The molecule has 1 aromatic carbocycles. The lowest BCUT2D eigenvalue weighted by atomic mass is 9.84. The summed E-state index contributed by atoms with van der Waals surface area (Å²) in [6.45, 7) is 6.91. The lowest BCUT2D eigenvalue weighted by Crippen LogP contribution is -2.38. The van der Waals surface area contributed by atoms with Crippen LogP contribution in [0, 0.1) is 12.3 Å². The van der Waals surface area contributed by atoms with E-state index in [9.17, 15) is 4.79 Å². The number of hydrogen-bond acceptors (Lipinski definition) is 1. The molecule has 0 atom stereocenters. The van der Waals surface area contributed by atoms with Gasteiger partial charge in [-0.2, -0.15) is 0 Å². The van der Waals surface area contributed by atoms with E-state index in [1.165, 1.54) is 0 Å². The lowest BCUT2D eigenvalue weighted by Gasteiger charge is -2.29. The van der Waals surface area contributed by atoms with Gasteiger partial charge in [0.2, 0.25) is 0 Å². The van der Waals surface area contributed by atoms with E-state index in [0.29, 0.717) is 17.1 Å². The monoisotopic (exact) mass is 345 g/mol. The average molecular weight is 347 g/mol. The van der Waals surface area contributed by atoms with Crippen molar-refractivity contribution in [2.24, 2.45) is 5.41 Å². The van der Waals surface area contributed by atoms with Crippen LogP contribution in [0.15, 0.2) is 18.2 Å². The van der Waals surface area contributed by atoms with E-state index in [4.69, 9.17) is 11.6 Å². The van der Waals surface area contributed by atoms with Gasteiger partial charge in [-0.1, -0.05) is 47.4 Å². The molecule has 0 aliphatic carbocycles.